The Hall–Kier alpha value is -1.14. The molecule has 0 bridgehead atoms. The van der Waals surface area contributed by atoms with Crippen molar-refractivity contribution < 1.29 is 19.4 Å². The fourth-order valence-corrected chi connectivity index (χ4v) is 1.62. The molecule has 1 atom stereocenters. The van der Waals surface area contributed by atoms with E-state index in [0.717, 1.165) is 16.9 Å². The predicted octanol–water partition coefficient (Wildman–Crippen LogP) is 1.21. The molecule has 0 radical (unpaired) electrons. The molecule has 0 saturated carbocycles. The van der Waals surface area contributed by atoms with Gasteiger partial charge in [-0.05, 0) is 37.1 Å². The van der Waals surface area contributed by atoms with Crippen LogP contribution in [0.25, 0.3) is 0 Å². The topological polar surface area (TPSA) is 60.0 Å². The van der Waals surface area contributed by atoms with Gasteiger partial charge in [0.1, 0.15) is 18.5 Å². The van der Waals surface area contributed by atoms with Crippen molar-refractivity contribution in [3.8, 4) is 5.75 Å². The van der Waals surface area contributed by atoms with Crippen molar-refractivity contribution in [1.82, 2.24) is 5.48 Å². The SMILES string of the molecule is COCCONCC(O)COc1cc(C)cc(C)c1. The summed E-state index contributed by atoms with van der Waals surface area (Å²) in [5.41, 5.74) is 4.96. The molecule has 0 saturated heterocycles. The Morgan fingerprint density at radius 3 is 2.47 bits per heavy atom. The van der Waals surface area contributed by atoms with Crippen molar-refractivity contribution in [3.05, 3.63) is 29.3 Å². The molecule has 2 N–H and O–H groups in total. The van der Waals surface area contributed by atoms with Gasteiger partial charge in [-0.1, -0.05) is 6.07 Å². The van der Waals surface area contributed by atoms with Crippen molar-refractivity contribution in [3.63, 3.8) is 0 Å². The number of nitrogens with one attached hydrogen (secondary N) is 1. The van der Waals surface area contributed by atoms with Crippen LogP contribution in [0.1, 0.15) is 11.1 Å². The van der Waals surface area contributed by atoms with E-state index in [1.165, 1.54) is 0 Å². The van der Waals surface area contributed by atoms with Gasteiger partial charge in [-0.3, -0.25) is 4.84 Å². The third-order valence-electron chi connectivity index (χ3n) is 2.45. The van der Waals surface area contributed by atoms with E-state index in [9.17, 15) is 5.11 Å². The van der Waals surface area contributed by atoms with Crippen LogP contribution in [0.2, 0.25) is 0 Å². The molecule has 5 nitrogen and oxygen atoms in total. The quantitative estimate of drug-likeness (QED) is 0.521. The molecule has 0 aliphatic heterocycles. The molecule has 108 valence electrons. The van der Waals surface area contributed by atoms with Crippen LogP contribution in [0.4, 0.5) is 0 Å². The van der Waals surface area contributed by atoms with Gasteiger partial charge >= 0.3 is 0 Å². The molecule has 1 rings (SSSR count). The number of aliphatic hydroxyl groups excluding tert-OH is 1. The first kappa shape index (κ1) is 15.9. The molecule has 5 heteroatoms. The van der Waals surface area contributed by atoms with Gasteiger partial charge < -0.3 is 14.6 Å². The number of methoxy groups -OCH3 is 1. The summed E-state index contributed by atoms with van der Waals surface area (Å²) in [6.07, 6.45) is -0.622. The fraction of sp³-hybridized carbons (Fsp3) is 0.571. The Labute approximate surface area is 114 Å². The first-order valence-corrected chi connectivity index (χ1v) is 6.34. The summed E-state index contributed by atoms with van der Waals surface area (Å²) >= 11 is 0. The van der Waals surface area contributed by atoms with Crippen LogP contribution in [0, 0.1) is 13.8 Å². The highest BCUT2D eigenvalue weighted by Crippen LogP contribution is 2.16. The molecule has 0 heterocycles. The van der Waals surface area contributed by atoms with Gasteiger partial charge in [-0.2, -0.15) is 5.48 Å². The number of ether oxygens (including phenoxy) is 2. The Balaban J connectivity index is 2.20. The van der Waals surface area contributed by atoms with E-state index in [1.807, 2.05) is 26.0 Å². The molecule has 0 spiro atoms. The maximum Gasteiger partial charge on any atom is 0.119 e. The average Bonchev–Trinajstić information content (AvgIpc) is 2.35. The van der Waals surface area contributed by atoms with Crippen LogP contribution >= 0.6 is 0 Å². The summed E-state index contributed by atoms with van der Waals surface area (Å²) in [5, 5.41) is 9.71. The molecule has 0 aromatic heterocycles. The number of hydrogen-bond acceptors (Lipinski definition) is 5. The van der Waals surface area contributed by atoms with E-state index in [-0.39, 0.29) is 6.61 Å². The van der Waals surface area contributed by atoms with Crippen molar-refractivity contribution in [2.75, 3.05) is 33.5 Å². The lowest BCUT2D eigenvalue weighted by molar-refractivity contribution is -0.0173. The van der Waals surface area contributed by atoms with Gasteiger partial charge in [0.15, 0.2) is 0 Å². The third-order valence-corrected chi connectivity index (χ3v) is 2.45. The lowest BCUT2D eigenvalue weighted by Gasteiger charge is -2.14. The maximum atomic E-state index is 9.71. The van der Waals surface area contributed by atoms with Gasteiger partial charge in [-0.25, -0.2) is 0 Å². The number of aliphatic hydroxyl groups is 1. The minimum atomic E-state index is -0.622. The third kappa shape index (κ3) is 7.12. The van der Waals surface area contributed by atoms with Crippen LogP contribution in [0.5, 0.6) is 5.75 Å². The van der Waals surface area contributed by atoms with Gasteiger partial charge in [0.25, 0.3) is 0 Å². The van der Waals surface area contributed by atoms with Crippen LogP contribution in [-0.2, 0) is 9.57 Å². The van der Waals surface area contributed by atoms with Crippen LogP contribution in [-0.4, -0.2) is 44.7 Å². The number of hydrogen-bond donors (Lipinski definition) is 2. The summed E-state index contributed by atoms with van der Waals surface area (Å²) in [6.45, 7) is 5.53. The van der Waals surface area contributed by atoms with Gasteiger partial charge in [-0.15, -0.1) is 0 Å². The molecule has 19 heavy (non-hydrogen) atoms. The molecule has 0 fully saturated rings. The monoisotopic (exact) mass is 269 g/mol. The van der Waals surface area contributed by atoms with Crippen LogP contribution < -0.4 is 10.2 Å². The Morgan fingerprint density at radius 1 is 1.16 bits per heavy atom. The minimum Gasteiger partial charge on any atom is -0.491 e. The highest BCUT2D eigenvalue weighted by molar-refractivity contribution is 5.32. The van der Waals surface area contributed by atoms with E-state index >= 15 is 0 Å². The molecule has 0 amide bonds. The van der Waals surface area contributed by atoms with Crippen LogP contribution in [0.3, 0.4) is 0 Å². The van der Waals surface area contributed by atoms with Crippen molar-refractivity contribution >= 4 is 0 Å². The first-order chi connectivity index (χ1) is 9.11. The van der Waals surface area contributed by atoms with E-state index in [2.05, 4.69) is 11.5 Å². The van der Waals surface area contributed by atoms with Gasteiger partial charge in [0.05, 0.1) is 19.8 Å². The Kier molecular flexibility index (Phi) is 7.43. The zero-order chi connectivity index (χ0) is 14.1. The van der Waals surface area contributed by atoms with Crippen molar-refractivity contribution in [1.29, 1.82) is 0 Å². The first-order valence-electron chi connectivity index (χ1n) is 6.34. The lowest BCUT2D eigenvalue weighted by Crippen LogP contribution is -2.32. The molecule has 1 unspecified atom stereocenters. The molecule has 1 aromatic carbocycles. The fourth-order valence-electron chi connectivity index (χ4n) is 1.62. The second-order valence-corrected chi connectivity index (χ2v) is 4.48. The average molecular weight is 269 g/mol. The summed E-state index contributed by atoms with van der Waals surface area (Å²) < 4.78 is 10.4. The second kappa shape index (κ2) is 8.87. The predicted molar refractivity (Wildman–Crippen MR) is 73.2 cm³/mol. The number of benzene rings is 1. The highest BCUT2D eigenvalue weighted by atomic mass is 16.7. The van der Waals surface area contributed by atoms with E-state index < -0.39 is 6.10 Å². The summed E-state index contributed by atoms with van der Waals surface area (Å²) in [7, 11) is 1.61. The minimum absolute atomic E-state index is 0.226. The van der Waals surface area contributed by atoms with Gasteiger partial charge in [0, 0.05) is 7.11 Å². The smallest absolute Gasteiger partial charge is 0.119 e. The number of rotatable bonds is 9. The normalized spacial score (nSPS) is 12.4. The molecular weight excluding hydrogens is 246 g/mol. The summed E-state index contributed by atoms with van der Waals surface area (Å²) in [4.78, 5) is 5.04. The highest BCUT2D eigenvalue weighted by Gasteiger charge is 2.05. The molecule has 1 aromatic rings. The zero-order valence-corrected chi connectivity index (χ0v) is 11.8. The molecular formula is C14H23NO4. The van der Waals surface area contributed by atoms with E-state index in [4.69, 9.17) is 14.3 Å². The van der Waals surface area contributed by atoms with Crippen LogP contribution in [0.15, 0.2) is 18.2 Å². The summed E-state index contributed by atoms with van der Waals surface area (Å²) in [5.74, 6) is 0.775. The Bertz CT molecular complexity index is 350. The molecule has 0 aliphatic rings. The molecule has 0 aliphatic carbocycles. The number of aryl methyl sites for hydroxylation is 2. The van der Waals surface area contributed by atoms with E-state index in [0.29, 0.717) is 19.8 Å². The Morgan fingerprint density at radius 2 is 1.84 bits per heavy atom. The van der Waals surface area contributed by atoms with Crippen molar-refractivity contribution in [2.24, 2.45) is 0 Å². The standard InChI is InChI=1S/C14H23NO4/c1-11-6-12(2)8-14(7-11)18-10-13(16)9-15-19-5-4-17-3/h6-8,13,15-16H,4-5,9-10H2,1-3H3. The second-order valence-electron chi connectivity index (χ2n) is 4.48. The van der Waals surface area contributed by atoms with Crippen molar-refractivity contribution in [2.45, 2.75) is 20.0 Å². The largest absolute Gasteiger partial charge is 0.491 e. The van der Waals surface area contributed by atoms with Gasteiger partial charge in [0.2, 0.25) is 0 Å². The zero-order valence-electron chi connectivity index (χ0n) is 11.8. The number of hydroxylamine groups is 1. The maximum absolute atomic E-state index is 9.71. The lowest BCUT2D eigenvalue weighted by atomic mass is 10.1. The van der Waals surface area contributed by atoms with E-state index in [1.54, 1.807) is 7.11 Å². The summed E-state index contributed by atoms with van der Waals surface area (Å²) in [6, 6.07) is 5.97.